The molecule has 1 N–H and O–H groups in total. The van der Waals surface area contributed by atoms with E-state index in [9.17, 15) is 4.79 Å². The molecule has 0 radical (unpaired) electrons. The van der Waals surface area contributed by atoms with Crippen molar-refractivity contribution in [3.05, 3.63) is 0 Å². The Balaban J connectivity index is 1.60. The Kier molecular flexibility index (Phi) is 5.41. The van der Waals surface area contributed by atoms with Gasteiger partial charge in [0, 0.05) is 38.6 Å². The van der Waals surface area contributed by atoms with Gasteiger partial charge in [-0.25, -0.2) is 0 Å². The summed E-state index contributed by atoms with van der Waals surface area (Å²) >= 11 is 0. The second kappa shape index (κ2) is 7.07. The van der Waals surface area contributed by atoms with Crippen LogP contribution in [0.2, 0.25) is 0 Å². The van der Waals surface area contributed by atoms with E-state index in [2.05, 4.69) is 17.3 Å². The smallest absolute Gasteiger partial charge is 0.224 e. The third-order valence-corrected chi connectivity index (χ3v) is 3.76. The van der Waals surface area contributed by atoms with Gasteiger partial charge in [0.2, 0.25) is 5.91 Å². The van der Waals surface area contributed by atoms with Crippen molar-refractivity contribution in [2.24, 2.45) is 0 Å². The van der Waals surface area contributed by atoms with Crippen LogP contribution in [0, 0.1) is 0 Å². The Morgan fingerprint density at radius 1 is 1.33 bits per heavy atom. The van der Waals surface area contributed by atoms with Crippen LogP contribution in [0.25, 0.3) is 0 Å². The lowest BCUT2D eigenvalue weighted by Gasteiger charge is -2.31. The largest absolute Gasteiger partial charge is 0.378 e. The summed E-state index contributed by atoms with van der Waals surface area (Å²) < 4.78 is 5.25. The van der Waals surface area contributed by atoms with Gasteiger partial charge in [0.15, 0.2) is 0 Å². The molecule has 2 saturated heterocycles. The fraction of sp³-hybridized carbons (Fsp3) is 0.923. The Hall–Kier alpha value is -0.650. The van der Waals surface area contributed by atoms with E-state index >= 15 is 0 Å². The zero-order valence-corrected chi connectivity index (χ0v) is 11.4. The molecule has 0 aromatic rings. The van der Waals surface area contributed by atoms with E-state index in [1.165, 1.54) is 19.4 Å². The molecule has 1 atom stereocenters. The van der Waals surface area contributed by atoms with Crippen LogP contribution in [-0.2, 0) is 9.53 Å². The molecule has 0 bridgehead atoms. The van der Waals surface area contributed by atoms with Gasteiger partial charge in [-0.15, -0.1) is 0 Å². The minimum absolute atomic E-state index is 0.259. The number of carbonyl (C=O) groups is 1. The van der Waals surface area contributed by atoms with E-state index < -0.39 is 0 Å². The van der Waals surface area contributed by atoms with E-state index in [1.807, 2.05) is 4.90 Å². The standard InChI is InChI=1S/C13H25N3O2/c1-15-6-2-3-12(11-15)14-5-4-13(17)16-7-9-18-10-8-16/h12,14H,2-11H2,1H3. The molecule has 0 spiro atoms. The monoisotopic (exact) mass is 255 g/mol. The van der Waals surface area contributed by atoms with E-state index in [4.69, 9.17) is 4.74 Å². The lowest BCUT2D eigenvalue weighted by molar-refractivity contribution is -0.135. The van der Waals surface area contributed by atoms with Gasteiger partial charge in [-0.1, -0.05) is 0 Å². The highest BCUT2D eigenvalue weighted by Crippen LogP contribution is 2.08. The SMILES string of the molecule is CN1CCCC(NCCC(=O)N2CCOCC2)C1. The van der Waals surface area contributed by atoms with Crippen molar-refractivity contribution >= 4 is 5.91 Å². The van der Waals surface area contributed by atoms with E-state index in [-0.39, 0.29) is 5.91 Å². The van der Waals surface area contributed by atoms with Crippen LogP contribution < -0.4 is 5.32 Å². The second-order valence-corrected chi connectivity index (χ2v) is 5.30. The summed E-state index contributed by atoms with van der Waals surface area (Å²) in [4.78, 5) is 16.2. The first-order valence-electron chi connectivity index (χ1n) is 7.03. The summed E-state index contributed by atoms with van der Waals surface area (Å²) in [6, 6.07) is 0.557. The average molecular weight is 255 g/mol. The molecule has 0 aromatic heterocycles. The van der Waals surface area contributed by atoms with E-state index in [1.54, 1.807) is 0 Å². The van der Waals surface area contributed by atoms with Crippen molar-refractivity contribution in [1.82, 2.24) is 15.1 Å². The topological polar surface area (TPSA) is 44.8 Å². The van der Waals surface area contributed by atoms with Crippen LogP contribution in [-0.4, -0.2) is 74.7 Å². The minimum Gasteiger partial charge on any atom is -0.378 e. The van der Waals surface area contributed by atoms with E-state index in [0.29, 0.717) is 25.7 Å². The lowest BCUT2D eigenvalue weighted by atomic mass is 10.1. The predicted octanol–water partition coefficient (Wildman–Crippen LogP) is -0.0809. The molecule has 2 heterocycles. The molecule has 2 aliphatic rings. The van der Waals surface area contributed by atoms with Crippen molar-refractivity contribution < 1.29 is 9.53 Å². The van der Waals surface area contributed by atoms with Gasteiger partial charge in [-0.3, -0.25) is 4.79 Å². The minimum atomic E-state index is 0.259. The molecular weight excluding hydrogens is 230 g/mol. The highest BCUT2D eigenvalue weighted by molar-refractivity contribution is 5.76. The Morgan fingerprint density at radius 3 is 2.83 bits per heavy atom. The molecule has 0 saturated carbocycles. The summed E-state index contributed by atoms with van der Waals surface area (Å²) in [6.45, 7) is 5.99. The van der Waals surface area contributed by atoms with Gasteiger partial charge < -0.3 is 19.9 Å². The summed E-state index contributed by atoms with van der Waals surface area (Å²) in [7, 11) is 2.16. The molecular formula is C13H25N3O2. The number of hydrogen-bond acceptors (Lipinski definition) is 4. The first-order valence-corrected chi connectivity index (χ1v) is 7.03. The molecule has 2 rings (SSSR count). The van der Waals surface area contributed by atoms with Crippen LogP contribution >= 0.6 is 0 Å². The highest BCUT2D eigenvalue weighted by atomic mass is 16.5. The third-order valence-electron chi connectivity index (χ3n) is 3.76. The average Bonchev–Trinajstić information content (AvgIpc) is 2.40. The Morgan fingerprint density at radius 2 is 2.11 bits per heavy atom. The number of amides is 1. The van der Waals surface area contributed by atoms with Gasteiger partial charge in [-0.05, 0) is 26.4 Å². The maximum Gasteiger partial charge on any atom is 0.224 e. The van der Waals surface area contributed by atoms with Gasteiger partial charge in [0.05, 0.1) is 13.2 Å². The van der Waals surface area contributed by atoms with Crippen LogP contribution in [0.3, 0.4) is 0 Å². The molecule has 5 nitrogen and oxygen atoms in total. The maximum atomic E-state index is 11.9. The van der Waals surface area contributed by atoms with Crippen molar-refractivity contribution in [3.8, 4) is 0 Å². The number of piperidine rings is 1. The first kappa shape index (κ1) is 13.8. The second-order valence-electron chi connectivity index (χ2n) is 5.30. The Labute approximate surface area is 109 Å². The molecule has 0 aromatic carbocycles. The predicted molar refractivity (Wildman–Crippen MR) is 70.5 cm³/mol. The number of likely N-dealkylation sites (N-methyl/N-ethyl adjacent to an activating group) is 1. The quantitative estimate of drug-likeness (QED) is 0.763. The van der Waals surface area contributed by atoms with Crippen molar-refractivity contribution in [2.75, 3.05) is 53.0 Å². The lowest BCUT2D eigenvalue weighted by Crippen LogP contribution is -2.46. The van der Waals surface area contributed by atoms with Crippen molar-refractivity contribution in [1.29, 1.82) is 0 Å². The number of ether oxygens (including phenoxy) is 1. The summed E-state index contributed by atoms with van der Waals surface area (Å²) in [5.74, 6) is 0.259. The molecule has 104 valence electrons. The molecule has 2 aliphatic heterocycles. The van der Waals surface area contributed by atoms with Crippen molar-refractivity contribution in [2.45, 2.75) is 25.3 Å². The summed E-state index contributed by atoms with van der Waals surface area (Å²) in [5, 5.41) is 3.50. The fourth-order valence-corrected chi connectivity index (χ4v) is 2.69. The number of nitrogens with one attached hydrogen (secondary N) is 1. The normalized spacial score (nSPS) is 26.3. The van der Waals surface area contributed by atoms with E-state index in [0.717, 1.165) is 26.2 Å². The third kappa shape index (κ3) is 4.23. The Bertz CT molecular complexity index is 267. The first-order chi connectivity index (χ1) is 8.75. The van der Waals surface area contributed by atoms with Crippen LogP contribution in [0.15, 0.2) is 0 Å². The van der Waals surface area contributed by atoms with Crippen LogP contribution in [0.1, 0.15) is 19.3 Å². The summed E-state index contributed by atoms with van der Waals surface area (Å²) in [6.07, 6.45) is 3.10. The molecule has 18 heavy (non-hydrogen) atoms. The number of carbonyl (C=O) groups excluding carboxylic acids is 1. The van der Waals surface area contributed by atoms with Gasteiger partial charge in [0.25, 0.3) is 0 Å². The summed E-state index contributed by atoms with van der Waals surface area (Å²) in [5.41, 5.74) is 0. The fourth-order valence-electron chi connectivity index (χ4n) is 2.69. The molecule has 1 amide bonds. The molecule has 1 unspecified atom stereocenters. The van der Waals surface area contributed by atoms with Gasteiger partial charge in [0.1, 0.15) is 0 Å². The number of hydrogen-bond donors (Lipinski definition) is 1. The molecule has 0 aliphatic carbocycles. The molecule has 2 fully saturated rings. The zero-order valence-electron chi connectivity index (χ0n) is 11.4. The van der Waals surface area contributed by atoms with Crippen molar-refractivity contribution in [3.63, 3.8) is 0 Å². The van der Waals surface area contributed by atoms with Crippen LogP contribution in [0.5, 0.6) is 0 Å². The highest BCUT2D eigenvalue weighted by Gasteiger charge is 2.19. The number of rotatable bonds is 4. The zero-order chi connectivity index (χ0) is 12.8. The number of likely N-dealkylation sites (tertiary alicyclic amines) is 1. The number of morpholine rings is 1. The van der Waals surface area contributed by atoms with Gasteiger partial charge >= 0.3 is 0 Å². The maximum absolute atomic E-state index is 11.9. The molecule has 5 heteroatoms. The van der Waals surface area contributed by atoms with Crippen LogP contribution in [0.4, 0.5) is 0 Å². The number of nitrogens with zero attached hydrogens (tertiary/aromatic N) is 2. The van der Waals surface area contributed by atoms with Gasteiger partial charge in [-0.2, -0.15) is 0 Å².